The summed E-state index contributed by atoms with van der Waals surface area (Å²) in [7, 11) is 0. The second kappa shape index (κ2) is 5.89. The number of nitrogens with two attached hydrogens (primary N) is 1. The minimum atomic E-state index is 0.432. The van der Waals surface area contributed by atoms with Crippen LogP contribution in [0.15, 0.2) is 45.5 Å². The highest BCUT2D eigenvalue weighted by Crippen LogP contribution is 2.17. The SMILES string of the molecule is NCCc1ccc(OCc2ccc(Br)o2)cc1. The molecular weight excluding hydrogens is 282 g/mol. The quantitative estimate of drug-likeness (QED) is 0.922. The molecule has 0 amide bonds. The van der Waals surface area contributed by atoms with Gasteiger partial charge in [0.25, 0.3) is 0 Å². The average Bonchev–Trinajstić information content (AvgIpc) is 2.75. The molecule has 0 unspecified atom stereocenters. The third-order valence-corrected chi connectivity index (χ3v) is 2.79. The third-order valence-electron chi connectivity index (χ3n) is 2.37. The summed E-state index contributed by atoms with van der Waals surface area (Å²) in [5.74, 6) is 1.63. The number of rotatable bonds is 5. The molecule has 0 aliphatic heterocycles. The van der Waals surface area contributed by atoms with Crippen molar-refractivity contribution in [3.63, 3.8) is 0 Å². The Labute approximate surface area is 109 Å². The lowest BCUT2D eigenvalue weighted by molar-refractivity contribution is 0.267. The Balaban J connectivity index is 1.90. The summed E-state index contributed by atoms with van der Waals surface area (Å²) in [6, 6.07) is 11.7. The van der Waals surface area contributed by atoms with Crippen molar-refractivity contribution in [2.24, 2.45) is 5.73 Å². The Morgan fingerprint density at radius 1 is 1.12 bits per heavy atom. The molecule has 0 aliphatic rings. The predicted molar refractivity (Wildman–Crippen MR) is 69.9 cm³/mol. The number of hydrogen-bond acceptors (Lipinski definition) is 3. The van der Waals surface area contributed by atoms with E-state index in [4.69, 9.17) is 14.9 Å². The minimum Gasteiger partial charge on any atom is -0.486 e. The number of ether oxygens (including phenoxy) is 1. The highest BCUT2D eigenvalue weighted by Gasteiger charge is 2.01. The van der Waals surface area contributed by atoms with Gasteiger partial charge in [0.05, 0.1) is 0 Å². The second-order valence-electron chi connectivity index (χ2n) is 3.68. The second-order valence-corrected chi connectivity index (χ2v) is 4.46. The predicted octanol–water partition coefficient (Wildman–Crippen LogP) is 3.12. The van der Waals surface area contributed by atoms with Gasteiger partial charge in [0.1, 0.15) is 18.1 Å². The van der Waals surface area contributed by atoms with E-state index in [9.17, 15) is 0 Å². The molecule has 0 aliphatic carbocycles. The zero-order valence-electron chi connectivity index (χ0n) is 9.36. The standard InChI is InChI=1S/C13H14BrNO2/c14-13-6-5-12(17-13)9-16-11-3-1-10(2-4-11)7-8-15/h1-6H,7-9,15H2. The smallest absolute Gasteiger partial charge is 0.169 e. The molecule has 0 fully saturated rings. The van der Waals surface area contributed by atoms with Crippen LogP contribution in [0, 0.1) is 0 Å². The van der Waals surface area contributed by atoms with E-state index in [0.29, 0.717) is 13.2 Å². The first-order valence-electron chi connectivity index (χ1n) is 5.44. The van der Waals surface area contributed by atoms with Crippen LogP contribution in [-0.4, -0.2) is 6.54 Å². The van der Waals surface area contributed by atoms with Gasteiger partial charge in [0, 0.05) is 0 Å². The lowest BCUT2D eigenvalue weighted by atomic mass is 10.1. The maximum atomic E-state index is 5.59. The molecule has 17 heavy (non-hydrogen) atoms. The van der Waals surface area contributed by atoms with Gasteiger partial charge in [0.2, 0.25) is 0 Å². The van der Waals surface area contributed by atoms with E-state index in [1.165, 1.54) is 5.56 Å². The first-order valence-corrected chi connectivity index (χ1v) is 6.23. The van der Waals surface area contributed by atoms with Gasteiger partial charge in [-0.25, -0.2) is 0 Å². The highest BCUT2D eigenvalue weighted by molar-refractivity contribution is 9.10. The lowest BCUT2D eigenvalue weighted by Crippen LogP contribution is -2.02. The lowest BCUT2D eigenvalue weighted by Gasteiger charge is -2.05. The summed E-state index contributed by atoms with van der Waals surface area (Å²) in [5.41, 5.74) is 6.71. The molecule has 2 rings (SSSR count). The largest absolute Gasteiger partial charge is 0.486 e. The zero-order valence-corrected chi connectivity index (χ0v) is 10.9. The Kier molecular flexibility index (Phi) is 4.23. The van der Waals surface area contributed by atoms with Crippen molar-refractivity contribution in [2.75, 3.05) is 6.54 Å². The van der Waals surface area contributed by atoms with Crippen LogP contribution in [-0.2, 0) is 13.0 Å². The first kappa shape index (κ1) is 12.2. The number of benzene rings is 1. The molecule has 0 saturated carbocycles. The average molecular weight is 296 g/mol. The highest BCUT2D eigenvalue weighted by atomic mass is 79.9. The van der Waals surface area contributed by atoms with Gasteiger partial charge in [-0.05, 0) is 58.7 Å². The van der Waals surface area contributed by atoms with Crippen molar-refractivity contribution in [1.82, 2.24) is 0 Å². The van der Waals surface area contributed by atoms with E-state index >= 15 is 0 Å². The maximum absolute atomic E-state index is 5.59. The summed E-state index contributed by atoms with van der Waals surface area (Å²) < 4.78 is 11.7. The van der Waals surface area contributed by atoms with E-state index in [1.54, 1.807) is 0 Å². The topological polar surface area (TPSA) is 48.4 Å². The van der Waals surface area contributed by atoms with Crippen LogP contribution < -0.4 is 10.5 Å². The number of furan rings is 1. The van der Waals surface area contributed by atoms with Crippen molar-refractivity contribution in [1.29, 1.82) is 0 Å². The van der Waals surface area contributed by atoms with E-state index in [1.807, 2.05) is 36.4 Å². The maximum Gasteiger partial charge on any atom is 0.169 e. The molecule has 1 aromatic carbocycles. The molecule has 2 N–H and O–H groups in total. The van der Waals surface area contributed by atoms with Crippen LogP contribution in [0.5, 0.6) is 5.75 Å². The molecule has 1 aromatic heterocycles. The van der Waals surface area contributed by atoms with Crippen molar-refractivity contribution in [2.45, 2.75) is 13.0 Å². The molecule has 1 heterocycles. The van der Waals surface area contributed by atoms with Gasteiger partial charge < -0.3 is 14.9 Å². The molecule has 0 radical (unpaired) electrons. The van der Waals surface area contributed by atoms with Crippen LogP contribution in [0.1, 0.15) is 11.3 Å². The van der Waals surface area contributed by atoms with Gasteiger partial charge in [-0.3, -0.25) is 0 Å². The molecule has 3 nitrogen and oxygen atoms in total. The Morgan fingerprint density at radius 3 is 2.47 bits per heavy atom. The summed E-state index contributed by atoms with van der Waals surface area (Å²) in [6.07, 6.45) is 0.894. The molecule has 0 spiro atoms. The van der Waals surface area contributed by atoms with Crippen LogP contribution in [0.4, 0.5) is 0 Å². The Bertz CT molecular complexity index is 465. The van der Waals surface area contributed by atoms with E-state index < -0.39 is 0 Å². The van der Waals surface area contributed by atoms with Gasteiger partial charge in [-0.15, -0.1) is 0 Å². The number of halogens is 1. The fourth-order valence-electron chi connectivity index (χ4n) is 1.50. The van der Waals surface area contributed by atoms with Crippen LogP contribution in [0.3, 0.4) is 0 Å². The Hall–Kier alpha value is -1.26. The summed E-state index contributed by atoms with van der Waals surface area (Å²) in [6.45, 7) is 1.10. The fraction of sp³-hybridized carbons (Fsp3) is 0.231. The monoisotopic (exact) mass is 295 g/mol. The fourth-order valence-corrected chi connectivity index (χ4v) is 1.84. The molecular formula is C13H14BrNO2. The van der Waals surface area contributed by atoms with Crippen LogP contribution >= 0.6 is 15.9 Å². The summed E-state index contributed by atoms with van der Waals surface area (Å²) in [5, 5.41) is 0. The van der Waals surface area contributed by atoms with Crippen molar-refractivity contribution in [3.05, 3.63) is 52.4 Å². The van der Waals surface area contributed by atoms with E-state index in [-0.39, 0.29) is 0 Å². The minimum absolute atomic E-state index is 0.432. The Morgan fingerprint density at radius 2 is 1.88 bits per heavy atom. The van der Waals surface area contributed by atoms with Crippen molar-refractivity contribution >= 4 is 15.9 Å². The molecule has 0 bridgehead atoms. The van der Waals surface area contributed by atoms with E-state index in [2.05, 4.69) is 15.9 Å². The first-order chi connectivity index (χ1) is 8.28. The molecule has 4 heteroatoms. The van der Waals surface area contributed by atoms with Crippen LogP contribution in [0.25, 0.3) is 0 Å². The van der Waals surface area contributed by atoms with Crippen molar-refractivity contribution in [3.8, 4) is 5.75 Å². The van der Waals surface area contributed by atoms with Crippen LogP contribution in [0.2, 0.25) is 0 Å². The number of hydrogen-bond donors (Lipinski definition) is 1. The summed E-state index contributed by atoms with van der Waals surface area (Å²) >= 11 is 3.25. The molecule has 2 aromatic rings. The van der Waals surface area contributed by atoms with Gasteiger partial charge >= 0.3 is 0 Å². The third kappa shape index (κ3) is 3.61. The van der Waals surface area contributed by atoms with Gasteiger partial charge in [-0.1, -0.05) is 12.1 Å². The van der Waals surface area contributed by atoms with Crippen molar-refractivity contribution < 1.29 is 9.15 Å². The molecule has 0 saturated heterocycles. The normalized spacial score (nSPS) is 10.5. The van der Waals surface area contributed by atoms with Gasteiger partial charge in [-0.2, -0.15) is 0 Å². The molecule has 0 atom stereocenters. The molecule has 90 valence electrons. The van der Waals surface area contributed by atoms with Gasteiger partial charge in [0.15, 0.2) is 4.67 Å². The zero-order chi connectivity index (χ0) is 12.1. The van der Waals surface area contributed by atoms with E-state index in [0.717, 1.165) is 22.6 Å². The summed E-state index contributed by atoms with van der Waals surface area (Å²) in [4.78, 5) is 0.